The lowest BCUT2D eigenvalue weighted by Crippen LogP contribution is -2.48. The summed E-state index contributed by atoms with van der Waals surface area (Å²) in [5, 5.41) is 0. The lowest BCUT2D eigenvalue weighted by molar-refractivity contribution is 0.384. The van der Waals surface area contributed by atoms with Gasteiger partial charge in [-0.05, 0) is 61.4 Å². The third-order valence-electron chi connectivity index (χ3n) is 5.84. The van der Waals surface area contributed by atoms with Gasteiger partial charge >= 0.3 is 0 Å². The summed E-state index contributed by atoms with van der Waals surface area (Å²) in [5.41, 5.74) is 1.02. The first-order chi connectivity index (χ1) is 14.8. The van der Waals surface area contributed by atoms with Crippen molar-refractivity contribution in [3.05, 3.63) is 48.5 Å². The van der Waals surface area contributed by atoms with Crippen LogP contribution in [0.25, 0.3) is 0 Å². The zero-order valence-electron chi connectivity index (χ0n) is 17.5. The average Bonchev–Trinajstić information content (AvgIpc) is 3.35. The van der Waals surface area contributed by atoms with Gasteiger partial charge in [-0.2, -0.15) is 8.61 Å². The SMILES string of the molecule is COc1ccc(N2CCN(S(=O)(=O)c3ccc(S(=O)(=O)N4CCCC4)cc3)CC2)cc1. The van der Waals surface area contributed by atoms with Gasteiger partial charge in [-0.15, -0.1) is 0 Å². The van der Waals surface area contributed by atoms with Gasteiger partial charge < -0.3 is 9.64 Å². The Labute approximate surface area is 184 Å². The van der Waals surface area contributed by atoms with Crippen LogP contribution in [-0.4, -0.2) is 71.8 Å². The topological polar surface area (TPSA) is 87.2 Å². The molecule has 0 atom stereocenters. The van der Waals surface area contributed by atoms with Gasteiger partial charge in [0, 0.05) is 45.0 Å². The average molecular weight is 466 g/mol. The summed E-state index contributed by atoms with van der Waals surface area (Å²) in [6.07, 6.45) is 1.71. The molecule has 0 amide bonds. The molecule has 2 aliphatic rings. The quantitative estimate of drug-likeness (QED) is 0.649. The van der Waals surface area contributed by atoms with Crippen LogP contribution in [0.1, 0.15) is 12.8 Å². The van der Waals surface area contributed by atoms with Crippen molar-refractivity contribution in [2.75, 3.05) is 51.3 Å². The number of hydrogen-bond donors (Lipinski definition) is 0. The maximum atomic E-state index is 13.1. The van der Waals surface area contributed by atoms with Crippen molar-refractivity contribution in [2.45, 2.75) is 22.6 Å². The molecule has 0 radical (unpaired) electrons. The van der Waals surface area contributed by atoms with Crippen molar-refractivity contribution in [1.29, 1.82) is 0 Å². The molecule has 0 bridgehead atoms. The summed E-state index contributed by atoms with van der Waals surface area (Å²) < 4.78 is 59.5. The zero-order valence-corrected chi connectivity index (χ0v) is 19.1. The molecule has 0 saturated carbocycles. The van der Waals surface area contributed by atoms with E-state index in [-0.39, 0.29) is 9.79 Å². The molecule has 2 aromatic rings. The molecular weight excluding hydrogens is 438 g/mol. The predicted octanol–water partition coefficient (Wildman–Crippen LogP) is 1.99. The molecule has 8 nitrogen and oxygen atoms in total. The fourth-order valence-corrected chi connectivity index (χ4v) is 6.93. The third kappa shape index (κ3) is 4.43. The Kier molecular flexibility index (Phi) is 6.25. The van der Waals surface area contributed by atoms with Gasteiger partial charge in [-0.3, -0.25) is 0 Å². The summed E-state index contributed by atoms with van der Waals surface area (Å²) in [5.74, 6) is 0.778. The van der Waals surface area contributed by atoms with Crippen LogP contribution >= 0.6 is 0 Å². The number of sulfonamides is 2. The minimum atomic E-state index is -3.68. The second-order valence-electron chi connectivity index (χ2n) is 7.67. The predicted molar refractivity (Wildman–Crippen MR) is 118 cm³/mol. The van der Waals surface area contributed by atoms with Gasteiger partial charge in [0.15, 0.2) is 0 Å². The summed E-state index contributed by atoms with van der Waals surface area (Å²) in [7, 11) is -5.62. The summed E-state index contributed by atoms with van der Waals surface area (Å²) in [6.45, 7) is 2.91. The van der Waals surface area contributed by atoms with Crippen LogP contribution in [0.2, 0.25) is 0 Å². The van der Waals surface area contributed by atoms with Crippen LogP contribution in [0.4, 0.5) is 5.69 Å². The number of hydrogen-bond acceptors (Lipinski definition) is 6. The highest BCUT2D eigenvalue weighted by atomic mass is 32.2. The van der Waals surface area contributed by atoms with E-state index in [0.29, 0.717) is 39.3 Å². The number of methoxy groups -OCH3 is 1. The Morgan fingerprint density at radius 1 is 0.645 bits per heavy atom. The highest BCUT2D eigenvalue weighted by molar-refractivity contribution is 7.89. The van der Waals surface area contributed by atoms with Gasteiger partial charge in [0.1, 0.15) is 5.75 Å². The molecule has 0 unspecified atom stereocenters. The lowest BCUT2D eigenvalue weighted by atomic mass is 10.2. The van der Waals surface area contributed by atoms with Crippen molar-refractivity contribution in [3.8, 4) is 5.75 Å². The second kappa shape index (κ2) is 8.78. The van der Waals surface area contributed by atoms with E-state index in [2.05, 4.69) is 4.90 Å². The van der Waals surface area contributed by atoms with E-state index in [1.165, 1.54) is 32.9 Å². The van der Waals surface area contributed by atoms with Crippen molar-refractivity contribution in [3.63, 3.8) is 0 Å². The fourth-order valence-electron chi connectivity index (χ4n) is 3.99. The van der Waals surface area contributed by atoms with Crippen molar-refractivity contribution in [2.24, 2.45) is 0 Å². The van der Waals surface area contributed by atoms with Crippen LogP contribution in [0.15, 0.2) is 58.3 Å². The number of nitrogens with zero attached hydrogens (tertiary/aromatic N) is 3. The molecule has 4 rings (SSSR count). The molecule has 0 aliphatic carbocycles. The normalized spacial score (nSPS) is 18.9. The number of benzene rings is 2. The first-order valence-corrected chi connectivity index (χ1v) is 13.2. The van der Waals surface area contributed by atoms with E-state index in [0.717, 1.165) is 24.3 Å². The van der Waals surface area contributed by atoms with Gasteiger partial charge in [0.25, 0.3) is 0 Å². The molecule has 2 heterocycles. The first kappa shape index (κ1) is 22.1. The van der Waals surface area contributed by atoms with Gasteiger partial charge in [-0.1, -0.05) is 0 Å². The fraction of sp³-hybridized carbons (Fsp3) is 0.429. The maximum Gasteiger partial charge on any atom is 0.243 e. The Balaban J connectivity index is 1.44. The smallest absolute Gasteiger partial charge is 0.243 e. The Morgan fingerprint density at radius 2 is 1.10 bits per heavy atom. The molecule has 10 heteroatoms. The molecule has 0 spiro atoms. The number of rotatable bonds is 6. The van der Waals surface area contributed by atoms with Crippen LogP contribution in [0, 0.1) is 0 Å². The largest absolute Gasteiger partial charge is 0.497 e. The lowest BCUT2D eigenvalue weighted by Gasteiger charge is -2.35. The molecule has 168 valence electrons. The van der Waals surface area contributed by atoms with Crippen LogP contribution < -0.4 is 9.64 Å². The second-order valence-corrected chi connectivity index (χ2v) is 11.5. The van der Waals surface area contributed by atoms with Gasteiger partial charge in [-0.25, -0.2) is 16.8 Å². The van der Waals surface area contributed by atoms with Crippen molar-refractivity contribution >= 4 is 25.7 Å². The number of piperazine rings is 1. The van der Waals surface area contributed by atoms with E-state index in [4.69, 9.17) is 4.74 Å². The molecule has 2 saturated heterocycles. The van der Waals surface area contributed by atoms with E-state index in [9.17, 15) is 16.8 Å². The monoisotopic (exact) mass is 465 g/mol. The van der Waals surface area contributed by atoms with Crippen LogP contribution in [0.5, 0.6) is 5.75 Å². The molecule has 31 heavy (non-hydrogen) atoms. The van der Waals surface area contributed by atoms with Gasteiger partial charge in [0.2, 0.25) is 20.0 Å². The maximum absolute atomic E-state index is 13.1. The molecule has 2 aromatic carbocycles. The van der Waals surface area contributed by atoms with Gasteiger partial charge in [0.05, 0.1) is 16.9 Å². The summed E-state index contributed by atoms with van der Waals surface area (Å²) in [4.78, 5) is 2.39. The summed E-state index contributed by atoms with van der Waals surface area (Å²) >= 11 is 0. The molecule has 0 aromatic heterocycles. The highest BCUT2D eigenvalue weighted by Crippen LogP contribution is 2.25. The van der Waals surface area contributed by atoms with E-state index in [1.807, 2.05) is 24.3 Å². The molecule has 2 aliphatic heterocycles. The standard InChI is InChI=1S/C21H27N3O5S2/c1-29-19-6-4-18(5-7-19)22-14-16-24(17-15-22)31(27,28)21-10-8-20(9-11-21)30(25,26)23-12-2-3-13-23/h4-11H,2-3,12-17H2,1H3. The number of anilines is 1. The highest BCUT2D eigenvalue weighted by Gasteiger charge is 2.30. The Hall–Kier alpha value is -2.14. The first-order valence-electron chi connectivity index (χ1n) is 10.3. The van der Waals surface area contributed by atoms with E-state index < -0.39 is 20.0 Å². The van der Waals surface area contributed by atoms with E-state index in [1.54, 1.807) is 7.11 Å². The van der Waals surface area contributed by atoms with E-state index >= 15 is 0 Å². The minimum absolute atomic E-state index is 0.116. The van der Waals surface area contributed by atoms with Crippen LogP contribution in [0.3, 0.4) is 0 Å². The Morgan fingerprint density at radius 3 is 1.55 bits per heavy atom. The summed E-state index contributed by atoms with van der Waals surface area (Å²) in [6, 6.07) is 13.3. The molecular formula is C21H27N3O5S2. The van der Waals surface area contributed by atoms with Crippen LogP contribution in [-0.2, 0) is 20.0 Å². The van der Waals surface area contributed by atoms with Crippen molar-refractivity contribution < 1.29 is 21.6 Å². The minimum Gasteiger partial charge on any atom is -0.497 e. The number of ether oxygens (including phenoxy) is 1. The third-order valence-corrected chi connectivity index (χ3v) is 9.67. The molecule has 0 N–H and O–H groups in total. The Bertz CT molecular complexity index is 1100. The van der Waals surface area contributed by atoms with Crippen molar-refractivity contribution in [1.82, 2.24) is 8.61 Å². The zero-order chi connectivity index (χ0) is 22.1. The molecule has 2 fully saturated rings.